The van der Waals surface area contributed by atoms with Gasteiger partial charge in [0.1, 0.15) is 6.33 Å². The van der Waals surface area contributed by atoms with Crippen molar-refractivity contribution in [2.45, 2.75) is 19.9 Å². The maximum atomic E-state index is 4.22. The van der Waals surface area contributed by atoms with Crippen LogP contribution in [-0.2, 0) is 6.54 Å². The third-order valence-electron chi connectivity index (χ3n) is 2.73. The lowest BCUT2D eigenvalue weighted by molar-refractivity contribution is 0.683. The summed E-state index contributed by atoms with van der Waals surface area (Å²) in [4.78, 5) is 1.19. The molecule has 0 unspecified atom stereocenters. The molecule has 4 heteroatoms. The maximum absolute atomic E-state index is 4.22. The molecule has 0 radical (unpaired) electrons. The van der Waals surface area contributed by atoms with Gasteiger partial charge < -0.3 is 4.57 Å². The summed E-state index contributed by atoms with van der Waals surface area (Å²) < 4.78 is 3.42. The summed E-state index contributed by atoms with van der Waals surface area (Å²) in [7, 11) is 0. The molecule has 3 nitrogen and oxygen atoms in total. The lowest BCUT2D eigenvalue weighted by Gasteiger charge is -2.01. The SMILES string of the molecule is CCCn1cnnc1-c1cc2ccccc2s1. The van der Waals surface area contributed by atoms with Gasteiger partial charge in [0, 0.05) is 11.2 Å². The van der Waals surface area contributed by atoms with E-state index in [0.29, 0.717) is 0 Å². The standard InChI is InChI=1S/C13H13N3S/c1-2-7-16-9-14-15-13(16)12-8-10-5-3-4-6-11(10)17-12/h3-6,8-9H,2,7H2,1H3. The number of fused-ring (bicyclic) bond motifs is 1. The van der Waals surface area contributed by atoms with Gasteiger partial charge in [-0.25, -0.2) is 0 Å². The molecule has 0 saturated heterocycles. The van der Waals surface area contributed by atoms with Crippen LogP contribution in [0.5, 0.6) is 0 Å². The van der Waals surface area contributed by atoms with E-state index in [9.17, 15) is 0 Å². The average Bonchev–Trinajstić information content (AvgIpc) is 2.94. The molecule has 0 amide bonds. The predicted molar refractivity (Wildman–Crippen MR) is 71.1 cm³/mol. The fourth-order valence-corrected chi connectivity index (χ4v) is 3.01. The van der Waals surface area contributed by atoms with Gasteiger partial charge in [0.15, 0.2) is 5.82 Å². The highest BCUT2D eigenvalue weighted by atomic mass is 32.1. The summed E-state index contributed by atoms with van der Waals surface area (Å²) in [6.07, 6.45) is 2.90. The Hall–Kier alpha value is -1.68. The van der Waals surface area contributed by atoms with Crippen molar-refractivity contribution in [2.75, 3.05) is 0 Å². The molecule has 1 aromatic carbocycles. The minimum Gasteiger partial charge on any atom is -0.313 e. The molecule has 0 aliphatic carbocycles. The van der Waals surface area contributed by atoms with Crippen molar-refractivity contribution in [1.29, 1.82) is 0 Å². The third-order valence-corrected chi connectivity index (χ3v) is 3.84. The highest BCUT2D eigenvalue weighted by Gasteiger charge is 2.10. The first-order valence-corrected chi connectivity index (χ1v) is 6.57. The quantitative estimate of drug-likeness (QED) is 0.704. The fraction of sp³-hybridized carbons (Fsp3) is 0.231. The van der Waals surface area contributed by atoms with Crippen LogP contribution in [0.2, 0.25) is 0 Å². The minimum atomic E-state index is 0.969. The summed E-state index contributed by atoms with van der Waals surface area (Å²) >= 11 is 1.77. The van der Waals surface area contributed by atoms with Crippen molar-refractivity contribution in [3.8, 4) is 10.7 Å². The van der Waals surface area contributed by atoms with Crippen LogP contribution in [0.4, 0.5) is 0 Å². The number of thiophene rings is 1. The first kappa shape index (κ1) is 10.5. The highest BCUT2D eigenvalue weighted by Crippen LogP contribution is 2.32. The Balaban J connectivity index is 2.10. The van der Waals surface area contributed by atoms with E-state index in [-0.39, 0.29) is 0 Å². The van der Waals surface area contributed by atoms with Crippen LogP contribution >= 0.6 is 11.3 Å². The van der Waals surface area contributed by atoms with Crippen LogP contribution in [0, 0.1) is 0 Å². The average molecular weight is 243 g/mol. The molecule has 2 heterocycles. The molecule has 0 aliphatic rings. The van der Waals surface area contributed by atoms with E-state index in [1.165, 1.54) is 15.0 Å². The normalized spacial score (nSPS) is 11.1. The van der Waals surface area contributed by atoms with Crippen molar-refractivity contribution in [1.82, 2.24) is 14.8 Å². The van der Waals surface area contributed by atoms with Crippen molar-refractivity contribution in [3.05, 3.63) is 36.7 Å². The lowest BCUT2D eigenvalue weighted by Crippen LogP contribution is -1.96. The summed E-state index contributed by atoms with van der Waals surface area (Å²) in [6, 6.07) is 10.6. The van der Waals surface area contributed by atoms with Gasteiger partial charge in [-0.2, -0.15) is 0 Å². The van der Waals surface area contributed by atoms with Crippen LogP contribution in [0.3, 0.4) is 0 Å². The number of nitrogens with zero attached hydrogens (tertiary/aromatic N) is 3. The molecular weight excluding hydrogens is 230 g/mol. The summed E-state index contributed by atoms with van der Waals surface area (Å²) in [6.45, 7) is 3.13. The second-order valence-corrected chi connectivity index (χ2v) is 5.08. The van der Waals surface area contributed by atoms with Crippen molar-refractivity contribution in [2.24, 2.45) is 0 Å². The van der Waals surface area contributed by atoms with Crippen molar-refractivity contribution in [3.63, 3.8) is 0 Å². The van der Waals surface area contributed by atoms with Gasteiger partial charge in [-0.15, -0.1) is 21.5 Å². The van der Waals surface area contributed by atoms with Gasteiger partial charge in [0.05, 0.1) is 4.88 Å². The van der Waals surface area contributed by atoms with Crippen LogP contribution in [0.25, 0.3) is 20.8 Å². The van der Waals surface area contributed by atoms with E-state index in [0.717, 1.165) is 18.8 Å². The molecule has 17 heavy (non-hydrogen) atoms. The van der Waals surface area contributed by atoms with Gasteiger partial charge in [0.2, 0.25) is 0 Å². The van der Waals surface area contributed by atoms with Crippen LogP contribution in [-0.4, -0.2) is 14.8 Å². The first-order valence-electron chi connectivity index (χ1n) is 5.75. The molecule has 3 rings (SSSR count). The number of aromatic nitrogens is 3. The Morgan fingerprint density at radius 1 is 1.29 bits per heavy atom. The Morgan fingerprint density at radius 3 is 3.00 bits per heavy atom. The molecule has 2 aromatic heterocycles. The number of benzene rings is 1. The van der Waals surface area contributed by atoms with E-state index < -0.39 is 0 Å². The molecule has 0 bridgehead atoms. The van der Waals surface area contributed by atoms with Gasteiger partial charge in [0.25, 0.3) is 0 Å². The molecule has 0 saturated carbocycles. The maximum Gasteiger partial charge on any atom is 0.173 e. The van der Waals surface area contributed by atoms with Gasteiger partial charge in [-0.3, -0.25) is 0 Å². The summed E-state index contributed by atoms with van der Waals surface area (Å²) in [5, 5.41) is 9.51. The number of hydrogen-bond donors (Lipinski definition) is 0. The monoisotopic (exact) mass is 243 g/mol. The van der Waals surface area contributed by atoms with Crippen molar-refractivity contribution >= 4 is 21.4 Å². The first-order chi connectivity index (χ1) is 8.38. The largest absolute Gasteiger partial charge is 0.313 e. The molecule has 0 fully saturated rings. The summed E-state index contributed by atoms with van der Waals surface area (Å²) in [5.74, 6) is 0.980. The molecular formula is C13H13N3S. The Kier molecular flexibility index (Phi) is 2.65. The molecule has 0 atom stereocenters. The zero-order valence-corrected chi connectivity index (χ0v) is 10.4. The Bertz CT molecular complexity index is 606. The second-order valence-electron chi connectivity index (χ2n) is 4.00. The minimum absolute atomic E-state index is 0.969. The van der Waals surface area contributed by atoms with Gasteiger partial charge in [-0.05, 0) is 23.9 Å². The summed E-state index contributed by atoms with van der Waals surface area (Å²) in [5.41, 5.74) is 0. The van der Waals surface area contributed by atoms with Crippen molar-refractivity contribution < 1.29 is 0 Å². The molecule has 0 N–H and O–H groups in total. The van der Waals surface area contributed by atoms with Crippen LogP contribution in [0.1, 0.15) is 13.3 Å². The van der Waals surface area contributed by atoms with E-state index in [4.69, 9.17) is 0 Å². The highest BCUT2D eigenvalue weighted by molar-refractivity contribution is 7.22. The zero-order valence-electron chi connectivity index (χ0n) is 9.63. The van der Waals surface area contributed by atoms with E-state index in [1.807, 2.05) is 6.33 Å². The number of hydrogen-bond acceptors (Lipinski definition) is 3. The van der Waals surface area contributed by atoms with E-state index in [1.54, 1.807) is 11.3 Å². The second kappa shape index (κ2) is 4.30. The fourth-order valence-electron chi connectivity index (χ4n) is 1.94. The van der Waals surface area contributed by atoms with Crippen LogP contribution < -0.4 is 0 Å². The topological polar surface area (TPSA) is 30.7 Å². The third kappa shape index (κ3) is 1.85. The lowest BCUT2D eigenvalue weighted by atomic mass is 10.2. The van der Waals surface area contributed by atoms with Gasteiger partial charge in [-0.1, -0.05) is 25.1 Å². The Labute approximate surface area is 104 Å². The van der Waals surface area contributed by atoms with Crippen LogP contribution in [0.15, 0.2) is 36.7 Å². The predicted octanol–water partition coefficient (Wildman–Crippen LogP) is 3.57. The molecule has 86 valence electrons. The van der Waals surface area contributed by atoms with Gasteiger partial charge >= 0.3 is 0 Å². The van der Waals surface area contributed by atoms with E-state index >= 15 is 0 Å². The number of rotatable bonds is 3. The molecule has 3 aromatic rings. The molecule has 0 spiro atoms. The zero-order chi connectivity index (χ0) is 11.7. The Morgan fingerprint density at radius 2 is 2.18 bits per heavy atom. The molecule has 0 aliphatic heterocycles. The smallest absolute Gasteiger partial charge is 0.173 e. The number of aryl methyl sites for hydroxylation is 1. The van der Waals surface area contributed by atoms with E-state index in [2.05, 4.69) is 52.0 Å².